The minimum absolute atomic E-state index is 0. The van der Waals surface area contributed by atoms with E-state index in [-0.39, 0.29) is 24.8 Å². The summed E-state index contributed by atoms with van der Waals surface area (Å²) in [5.41, 5.74) is 0. The van der Waals surface area contributed by atoms with Crippen LogP contribution < -0.4 is 5.32 Å². The van der Waals surface area contributed by atoms with E-state index < -0.39 is 0 Å². The molecule has 2 saturated heterocycles. The maximum absolute atomic E-state index is 3.44. The van der Waals surface area contributed by atoms with Crippen molar-refractivity contribution in [1.29, 1.82) is 0 Å². The molecule has 2 fully saturated rings. The van der Waals surface area contributed by atoms with Crippen molar-refractivity contribution in [2.45, 2.75) is 32.6 Å². The van der Waals surface area contributed by atoms with Crippen molar-refractivity contribution in [2.75, 3.05) is 32.7 Å². The minimum atomic E-state index is 0. The molecule has 0 bridgehead atoms. The zero-order chi connectivity index (χ0) is 9.80. The first-order valence-corrected chi connectivity index (χ1v) is 6.27. The number of piperidine rings is 2. The van der Waals surface area contributed by atoms with Gasteiger partial charge in [0.2, 0.25) is 0 Å². The molecule has 0 aliphatic carbocycles. The third-order valence-corrected chi connectivity index (χ3v) is 3.85. The lowest BCUT2D eigenvalue weighted by molar-refractivity contribution is 0.154. The Balaban J connectivity index is 0.00000112. The molecule has 2 aliphatic heterocycles. The summed E-state index contributed by atoms with van der Waals surface area (Å²) in [5, 5.41) is 3.44. The summed E-state index contributed by atoms with van der Waals surface area (Å²) in [4.78, 5) is 2.69. The molecular weight excluding hydrogens is 243 g/mol. The van der Waals surface area contributed by atoms with Gasteiger partial charge >= 0.3 is 0 Å². The van der Waals surface area contributed by atoms with Crippen LogP contribution >= 0.6 is 24.8 Å². The van der Waals surface area contributed by atoms with Crippen LogP contribution in [0.4, 0.5) is 0 Å². The van der Waals surface area contributed by atoms with E-state index in [1.807, 2.05) is 0 Å². The molecule has 2 heterocycles. The highest BCUT2D eigenvalue weighted by atomic mass is 35.5. The van der Waals surface area contributed by atoms with Crippen LogP contribution in [0.5, 0.6) is 0 Å². The lowest BCUT2D eigenvalue weighted by Crippen LogP contribution is -2.39. The summed E-state index contributed by atoms with van der Waals surface area (Å²) in [6.07, 6.45) is 5.63. The smallest absolute Gasteiger partial charge is 0.00106 e. The fourth-order valence-corrected chi connectivity index (χ4v) is 2.67. The largest absolute Gasteiger partial charge is 0.317 e. The predicted octanol–water partition coefficient (Wildman–Crippen LogP) is 2.56. The predicted molar refractivity (Wildman–Crippen MR) is 74.9 cm³/mol. The zero-order valence-corrected chi connectivity index (χ0v) is 11.9. The normalized spacial score (nSPS) is 24.6. The third-order valence-electron chi connectivity index (χ3n) is 3.85. The monoisotopic (exact) mass is 268 g/mol. The van der Waals surface area contributed by atoms with Crippen molar-refractivity contribution in [3.63, 3.8) is 0 Å². The van der Waals surface area contributed by atoms with Crippen LogP contribution in [0.15, 0.2) is 0 Å². The molecule has 0 aromatic carbocycles. The van der Waals surface area contributed by atoms with Crippen molar-refractivity contribution in [2.24, 2.45) is 11.8 Å². The Bertz CT molecular complexity index is 164. The number of halogens is 2. The van der Waals surface area contributed by atoms with Gasteiger partial charge in [-0.25, -0.2) is 0 Å². The van der Waals surface area contributed by atoms with Gasteiger partial charge in [-0.1, -0.05) is 6.92 Å². The second-order valence-electron chi connectivity index (χ2n) is 5.18. The maximum Gasteiger partial charge on any atom is 0.00106 e. The van der Waals surface area contributed by atoms with Crippen LogP contribution in [-0.2, 0) is 0 Å². The average Bonchev–Trinajstić information content (AvgIpc) is 2.23. The van der Waals surface area contributed by atoms with Gasteiger partial charge in [0.15, 0.2) is 0 Å². The van der Waals surface area contributed by atoms with Gasteiger partial charge in [-0.05, 0) is 63.7 Å². The van der Waals surface area contributed by atoms with E-state index in [0.717, 1.165) is 11.8 Å². The highest BCUT2D eigenvalue weighted by Crippen LogP contribution is 2.19. The van der Waals surface area contributed by atoms with Gasteiger partial charge in [0, 0.05) is 6.54 Å². The molecule has 0 aromatic heterocycles. The van der Waals surface area contributed by atoms with Crippen molar-refractivity contribution in [1.82, 2.24) is 10.2 Å². The van der Waals surface area contributed by atoms with Gasteiger partial charge < -0.3 is 10.2 Å². The lowest BCUT2D eigenvalue weighted by atomic mass is 9.94. The fraction of sp³-hybridized carbons (Fsp3) is 1.00. The summed E-state index contributed by atoms with van der Waals surface area (Å²) in [7, 11) is 0. The number of hydrogen-bond donors (Lipinski definition) is 1. The molecule has 2 rings (SSSR count). The maximum atomic E-state index is 3.44. The van der Waals surface area contributed by atoms with E-state index >= 15 is 0 Å². The Hall–Kier alpha value is 0.500. The second-order valence-corrected chi connectivity index (χ2v) is 5.18. The highest BCUT2D eigenvalue weighted by molar-refractivity contribution is 5.85. The van der Waals surface area contributed by atoms with Gasteiger partial charge in [-0.3, -0.25) is 0 Å². The Kier molecular flexibility index (Phi) is 8.84. The van der Waals surface area contributed by atoms with Crippen LogP contribution in [0.2, 0.25) is 0 Å². The van der Waals surface area contributed by atoms with Gasteiger partial charge in [0.1, 0.15) is 0 Å². The number of nitrogens with one attached hydrogen (secondary N) is 1. The first-order chi connectivity index (χ1) is 6.84. The van der Waals surface area contributed by atoms with Crippen molar-refractivity contribution < 1.29 is 0 Å². The molecule has 0 atom stereocenters. The summed E-state index contributed by atoms with van der Waals surface area (Å²) in [6, 6.07) is 0. The molecule has 98 valence electrons. The molecule has 0 aromatic rings. The topological polar surface area (TPSA) is 15.3 Å². The summed E-state index contributed by atoms with van der Waals surface area (Å²) in [5.74, 6) is 1.95. The Morgan fingerprint density at radius 2 is 1.56 bits per heavy atom. The van der Waals surface area contributed by atoms with Crippen molar-refractivity contribution >= 4 is 24.8 Å². The molecule has 0 radical (unpaired) electrons. The van der Waals surface area contributed by atoms with Crippen molar-refractivity contribution in [3.8, 4) is 0 Å². The molecule has 0 amide bonds. The molecule has 0 unspecified atom stereocenters. The molecular formula is C12H26Cl2N2. The quantitative estimate of drug-likeness (QED) is 0.829. The summed E-state index contributed by atoms with van der Waals surface area (Å²) in [6.45, 7) is 8.95. The summed E-state index contributed by atoms with van der Waals surface area (Å²) >= 11 is 0. The lowest BCUT2D eigenvalue weighted by Gasteiger charge is -2.34. The van der Waals surface area contributed by atoms with Crippen LogP contribution in [0, 0.1) is 11.8 Å². The number of nitrogens with zero attached hydrogens (tertiary/aromatic N) is 1. The van der Waals surface area contributed by atoms with E-state index in [1.54, 1.807) is 0 Å². The summed E-state index contributed by atoms with van der Waals surface area (Å²) < 4.78 is 0. The minimum Gasteiger partial charge on any atom is -0.317 e. The molecule has 0 saturated carbocycles. The van der Waals surface area contributed by atoms with E-state index in [0.29, 0.717) is 0 Å². The molecule has 16 heavy (non-hydrogen) atoms. The SMILES string of the molecule is CC1CCN(CC2CCNCC2)CC1.Cl.Cl. The van der Waals surface area contributed by atoms with Crippen LogP contribution in [0.25, 0.3) is 0 Å². The van der Waals surface area contributed by atoms with Gasteiger partial charge in [0.05, 0.1) is 0 Å². The first kappa shape index (κ1) is 16.5. The number of likely N-dealkylation sites (tertiary alicyclic amines) is 1. The number of rotatable bonds is 2. The van der Waals surface area contributed by atoms with Gasteiger partial charge in [-0.15, -0.1) is 24.8 Å². The van der Waals surface area contributed by atoms with E-state index in [2.05, 4.69) is 17.1 Å². The van der Waals surface area contributed by atoms with Gasteiger partial charge in [0.25, 0.3) is 0 Å². The standard InChI is InChI=1S/C12H24N2.2ClH/c1-11-4-8-14(9-5-11)10-12-2-6-13-7-3-12;;/h11-13H,2-10H2,1H3;2*1H. The molecule has 2 nitrogen and oxygen atoms in total. The zero-order valence-electron chi connectivity index (χ0n) is 10.3. The second kappa shape index (κ2) is 8.57. The molecule has 4 heteroatoms. The third kappa shape index (κ3) is 5.22. The Morgan fingerprint density at radius 1 is 1.00 bits per heavy atom. The number of hydrogen-bond acceptors (Lipinski definition) is 2. The fourth-order valence-electron chi connectivity index (χ4n) is 2.67. The first-order valence-electron chi connectivity index (χ1n) is 6.27. The molecule has 2 aliphatic rings. The molecule has 1 N–H and O–H groups in total. The van der Waals surface area contributed by atoms with Crippen LogP contribution in [0.1, 0.15) is 32.6 Å². The Morgan fingerprint density at radius 3 is 2.12 bits per heavy atom. The van der Waals surface area contributed by atoms with E-state index in [4.69, 9.17) is 0 Å². The average molecular weight is 269 g/mol. The van der Waals surface area contributed by atoms with Crippen LogP contribution in [-0.4, -0.2) is 37.6 Å². The van der Waals surface area contributed by atoms with Crippen LogP contribution in [0.3, 0.4) is 0 Å². The van der Waals surface area contributed by atoms with E-state index in [9.17, 15) is 0 Å². The van der Waals surface area contributed by atoms with E-state index in [1.165, 1.54) is 58.4 Å². The Labute approximate surface area is 112 Å². The van der Waals surface area contributed by atoms with Crippen molar-refractivity contribution in [3.05, 3.63) is 0 Å². The molecule has 0 spiro atoms. The van der Waals surface area contributed by atoms with Gasteiger partial charge in [-0.2, -0.15) is 0 Å². The highest BCUT2D eigenvalue weighted by Gasteiger charge is 2.20.